The molecule has 0 radical (unpaired) electrons. The Bertz CT molecular complexity index is 352. The number of nitrogens with one attached hydrogen (secondary N) is 1. The van der Waals surface area contributed by atoms with E-state index in [4.69, 9.17) is 0 Å². The normalized spacial score (nSPS) is 18.1. The molecule has 1 aliphatic carbocycles. The number of aromatic nitrogens is 2. The summed E-state index contributed by atoms with van der Waals surface area (Å²) in [6.45, 7) is 5.44. The highest BCUT2D eigenvalue weighted by Gasteiger charge is 2.27. The van der Waals surface area contributed by atoms with Crippen LogP contribution < -0.4 is 5.32 Å². The molecule has 1 aromatic rings. The fraction of sp³-hybridized carbons (Fsp3) is 0.786. The Labute approximate surface area is 105 Å². The Balaban J connectivity index is 2.02. The van der Waals surface area contributed by atoms with Gasteiger partial charge in [0.15, 0.2) is 0 Å². The minimum Gasteiger partial charge on any atom is -0.314 e. The van der Waals surface area contributed by atoms with Gasteiger partial charge in [-0.2, -0.15) is 5.10 Å². The van der Waals surface area contributed by atoms with Gasteiger partial charge in [-0.1, -0.05) is 20.3 Å². The van der Waals surface area contributed by atoms with Crippen molar-refractivity contribution in [2.24, 2.45) is 13.0 Å². The molecular formula is C14H25N3. The summed E-state index contributed by atoms with van der Waals surface area (Å²) >= 11 is 0. The van der Waals surface area contributed by atoms with E-state index in [1.54, 1.807) is 0 Å². The van der Waals surface area contributed by atoms with Gasteiger partial charge in [0.2, 0.25) is 0 Å². The Morgan fingerprint density at radius 3 is 2.71 bits per heavy atom. The molecule has 1 fully saturated rings. The Hall–Kier alpha value is -0.830. The number of aryl methyl sites for hydroxylation is 2. The maximum atomic E-state index is 4.53. The minimum atomic E-state index is 0.647. The molecular weight excluding hydrogens is 210 g/mol. The second-order valence-electron chi connectivity index (χ2n) is 5.16. The van der Waals surface area contributed by atoms with Crippen molar-refractivity contribution >= 4 is 0 Å². The van der Waals surface area contributed by atoms with Crippen molar-refractivity contribution in [2.75, 3.05) is 6.54 Å². The van der Waals surface area contributed by atoms with Crippen LogP contribution in [0.4, 0.5) is 0 Å². The van der Waals surface area contributed by atoms with Crippen molar-refractivity contribution < 1.29 is 0 Å². The van der Waals surface area contributed by atoms with E-state index in [2.05, 4.69) is 42.1 Å². The van der Waals surface area contributed by atoms with Gasteiger partial charge in [-0.25, -0.2) is 0 Å². The molecule has 1 saturated carbocycles. The fourth-order valence-corrected chi connectivity index (χ4v) is 2.67. The number of rotatable bonds is 6. The fourth-order valence-electron chi connectivity index (χ4n) is 2.67. The lowest BCUT2D eigenvalue weighted by molar-refractivity contribution is 0.227. The molecule has 1 unspecified atom stereocenters. The van der Waals surface area contributed by atoms with Crippen molar-refractivity contribution in [3.05, 3.63) is 17.5 Å². The molecule has 0 bridgehead atoms. The monoisotopic (exact) mass is 235 g/mol. The van der Waals surface area contributed by atoms with Crippen molar-refractivity contribution in [1.82, 2.24) is 15.1 Å². The molecule has 1 aromatic heterocycles. The molecule has 0 aromatic carbocycles. The molecule has 0 amide bonds. The van der Waals surface area contributed by atoms with E-state index in [0.717, 1.165) is 25.3 Å². The van der Waals surface area contributed by atoms with Crippen molar-refractivity contribution in [2.45, 2.75) is 52.0 Å². The summed E-state index contributed by atoms with van der Waals surface area (Å²) in [6, 6.07) is 2.91. The Morgan fingerprint density at radius 2 is 2.24 bits per heavy atom. The first kappa shape index (κ1) is 12.6. The number of likely N-dealkylation sites (N-methyl/N-ethyl adjacent to an activating group) is 1. The molecule has 0 aliphatic heterocycles. The van der Waals surface area contributed by atoms with Crippen LogP contribution in [0.3, 0.4) is 0 Å². The van der Waals surface area contributed by atoms with E-state index in [0.29, 0.717) is 6.04 Å². The molecule has 1 heterocycles. The highest BCUT2D eigenvalue weighted by Crippen LogP contribution is 2.31. The molecule has 1 atom stereocenters. The van der Waals surface area contributed by atoms with Crippen LogP contribution in [0, 0.1) is 5.92 Å². The van der Waals surface area contributed by atoms with Gasteiger partial charge in [0, 0.05) is 25.2 Å². The van der Waals surface area contributed by atoms with E-state index < -0.39 is 0 Å². The maximum absolute atomic E-state index is 4.53. The van der Waals surface area contributed by atoms with Crippen LogP contribution in [0.1, 0.15) is 44.5 Å². The van der Waals surface area contributed by atoms with Gasteiger partial charge in [0.05, 0.1) is 5.69 Å². The largest absolute Gasteiger partial charge is 0.314 e. The average Bonchev–Trinajstić information content (AvgIpc) is 2.57. The van der Waals surface area contributed by atoms with Gasteiger partial charge in [-0.3, -0.25) is 4.68 Å². The molecule has 3 nitrogen and oxygen atoms in total. The zero-order chi connectivity index (χ0) is 12.3. The van der Waals surface area contributed by atoms with Crippen LogP contribution >= 0.6 is 0 Å². The van der Waals surface area contributed by atoms with Crippen LogP contribution in [-0.4, -0.2) is 22.4 Å². The van der Waals surface area contributed by atoms with Crippen molar-refractivity contribution in [3.63, 3.8) is 0 Å². The van der Waals surface area contributed by atoms with Crippen molar-refractivity contribution in [3.8, 4) is 0 Å². The van der Waals surface area contributed by atoms with E-state index in [9.17, 15) is 0 Å². The number of hydrogen-bond acceptors (Lipinski definition) is 2. The van der Waals surface area contributed by atoms with Crippen LogP contribution in [-0.2, 0) is 19.9 Å². The Morgan fingerprint density at radius 1 is 1.47 bits per heavy atom. The van der Waals surface area contributed by atoms with E-state index >= 15 is 0 Å². The highest BCUT2D eigenvalue weighted by molar-refractivity contribution is 5.12. The first-order valence-corrected chi connectivity index (χ1v) is 6.99. The van der Waals surface area contributed by atoms with Crippen molar-refractivity contribution in [1.29, 1.82) is 0 Å². The zero-order valence-electron chi connectivity index (χ0n) is 11.4. The summed E-state index contributed by atoms with van der Waals surface area (Å²) in [5.41, 5.74) is 2.59. The van der Waals surface area contributed by atoms with Crippen LogP contribution in [0.5, 0.6) is 0 Å². The van der Waals surface area contributed by atoms with E-state index in [1.807, 2.05) is 0 Å². The van der Waals surface area contributed by atoms with Gasteiger partial charge in [0.25, 0.3) is 0 Å². The third-order valence-electron chi connectivity index (χ3n) is 4.00. The number of hydrogen-bond donors (Lipinski definition) is 1. The highest BCUT2D eigenvalue weighted by atomic mass is 15.3. The molecule has 0 spiro atoms. The first-order valence-electron chi connectivity index (χ1n) is 6.99. The van der Waals surface area contributed by atoms with Gasteiger partial charge < -0.3 is 5.32 Å². The van der Waals surface area contributed by atoms with Gasteiger partial charge in [-0.05, 0) is 37.8 Å². The molecule has 1 aliphatic rings. The average molecular weight is 235 g/mol. The summed E-state index contributed by atoms with van der Waals surface area (Å²) in [4.78, 5) is 0. The number of nitrogens with zero attached hydrogens (tertiary/aromatic N) is 2. The van der Waals surface area contributed by atoms with Gasteiger partial charge >= 0.3 is 0 Å². The zero-order valence-corrected chi connectivity index (χ0v) is 11.4. The van der Waals surface area contributed by atoms with Gasteiger partial charge in [-0.15, -0.1) is 0 Å². The SMILES string of the molecule is CCNC(Cc1cc(CC)nn1C)C1CCC1. The Kier molecular flexibility index (Phi) is 4.21. The smallest absolute Gasteiger partial charge is 0.0624 e. The van der Waals surface area contributed by atoms with Crippen LogP contribution in [0.25, 0.3) is 0 Å². The molecule has 0 saturated heterocycles. The summed E-state index contributed by atoms with van der Waals surface area (Å²) in [5, 5.41) is 8.18. The third kappa shape index (κ3) is 2.89. The second-order valence-corrected chi connectivity index (χ2v) is 5.16. The predicted molar refractivity (Wildman–Crippen MR) is 71.1 cm³/mol. The minimum absolute atomic E-state index is 0.647. The maximum Gasteiger partial charge on any atom is 0.0624 e. The predicted octanol–water partition coefficient (Wildman–Crippen LogP) is 2.30. The quantitative estimate of drug-likeness (QED) is 0.820. The topological polar surface area (TPSA) is 29.9 Å². The summed E-state index contributed by atoms with van der Waals surface area (Å²) < 4.78 is 2.06. The lowest BCUT2D eigenvalue weighted by atomic mass is 9.78. The summed E-state index contributed by atoms with van der Waals surface area (Å²) in [7, 11) is 2.07. The molecule has 2 rings (SSSR count). The molecule has 3 heteroatoms. The standard InChI is InChI=1S/C14H25N3/c1-4-12-9-13(17(3)16-12)10-14(15-5-2)11-7-6-8-11/h9,11,14-15H,4-8,10H2,1-3H3. The molecule has 1 N–H and O–H groups in total. The lowest BCUT2D eigenvalue weighted by Gasteiger charge is -2.34. The van der Waals surface area contributed by atoms with Crippen LogP contribution in [0.2, 0.25) is 0 Å². The second kappa shape index (κ2) is 5.67. The molecule has 17 heavy (non-hydrogen) atoms. The third-order valence-corrected chi connectivity index (χ3v) is 4.00. The van der Waals surface area contributed by atoms with Crippen LogP contribution in [0.15, 0.2) is 6.07 Å². The van der Waals surface area contributed by atoms with Gasteiger partial charge in [0.1, 0.15) is 0 Å². The summed E-state index contributed by atoms with van der Waals surface area (Å²) in [6.07, 6.45) is 6.37. The van der Waals surface area contributed by atoms with E-state index in [-0.39, 0.29) is 0 Å². The molecule has 96 valence electrons. The lowest BCUT2D eigenvalue weighted by Crippen LogP contribution is -2.41. The summed E-state index contributed by atoms with van der Waals surface area (Å²) in [5.74, 6) is 0.884. The first-order chi connectivity index (χ1) is 8.24. The van der Waals surface area contributed by atoms with E-state index in [1.165, 1.54) is 30.7 Å².